The lowest BCUT2D eigenvalue weighted by molar-refractivity contribution is -0.138. The van der Waals surface area contributed by atoms with Crippen LogP contribution in [0.2, 0.25) is 0 Å². The van der Waals surface area contributed by atoms with Gasteiger partial charge in [-0.3, -0.25) is 4.79 Å². The van der Waals surface area contributed by atoms with E-state index in [1.165, 1.54) is 0 Å². The number of aryl methyl sites for hydroxylation is 1. The zero-order chi connectivity index (χ0) is 18.0. The van der Waals surface area contributed by atoms with Gasteiger partial charge in [-0.15, -0.1) is 0 Å². The smallest absolute Gasteiger partial charge is 0.389 e. The lowest BCUT2D eigenvalue weighted by atomic mass is 9.85. The molecule has 0 radical (unpaired) electrons. The summed E-state index contributed by atoms with van der Waals surface area (Å²) in [6.45, 7) is 2.00. The summed E-state index contributed by atoms with van der Waals surface area (Å²) in [5, 5.41) is 0. The molecule has 0 spiro atoms. The van der Waals surface area contributed by atoms with Crippen LogP contribution < -0.4 is 4.74 Å². The van der Waals surface area contributed by atoms with Crippen LogP contribution in [0.15, 0.2) is 42.5 Å². The molecule has 2 aromatic rings. The highest BCUT2D eigenvalue weighted by atomic mass is 19.4. The van der Waals surface area contributed by atoms with E-state index in [9.17, 15) is 18.0 Å². The summed E-state index contributed by atoms with van der Waals surface area (Å²) in [6.07, 6.45) is -4.89. The van der Waals surface area contributed by atoms with Crippen molar-refractivity contribution >= 4 is 5.78 Å². The van der Waals surface area contributed by atoms with Crippen molar-refractivity contribution in [3.05, 3.63) is 64.7 Å². The molecule has 132 valence electrons. The van der Waals surface area contributed by atoms with Gasteiger partial charge in [0.15, 0.2) is 5.78 Å². The monoisotopic (exact) mass is 348 g/mol. The van der Waals surface area contributed by atoms with Gasteiger partial charge in [0.05, 0.1) is 13.0 Å². The third-order valence-electron chi connectivity index (χ3n) is 4.45. The normalized spacial score (nSPS) is 18.1. The average molecular weight is 348 g/mol. The van der Waals surface area contributed by atoms with Crippen LogP contribution in [0.4, 0.5) is 13.2 Å². The first-order chi connectivity index (χ1) is 11.8. The Morgan fingerprint density at radius 2 is 1.92 bits per heavy atom. The Morgan fingerprint density at radius 1 is 1.16 bits per heavy atom. The van der Waals surface area contributed by atoms with Crippen LogP contribution in [-0.2, 0) is 6.42 Å². The largest absolute Gasteiger partial charge is 0.493 e. The third-order valence-corrected chi connectivity index (χ3v) is 4.45. The fraction of sp³-hybridized carbons (Fsp3) is 0.350. The van der Waals surface area contributed by atoms with Gasteiger partial charge in [0.25, 0.3) is 0 Å². The van der Waals surface area contributed by atoms with Crippen molar-refractivity contribution in [1.29, 1.82) is 0 Å². The Labute approximate surface area is 144 Å². The zero-order valence-electron chi connectivity index (χ0n) is 13.9. The molecule has 1 atom stereocenters. The summed E-state index contributed by atoms with van der Waals surface area (Å²) < 4.78 is 45.2. The fourth-order valence-electron chi connectivity index (χ4n) is 3.31. The number of hydrogen-bond donors (Lipinski definition) is 0. The summed E-state index contributed by atoms with van der Waals surface area (Å²) in [5.41, 5.74) is 2.60. The number of ether oxygens (including phenoxy) is 1. The van der Waals surface area contributed by atoms with Crippen molar-refractivity contribution in [3.63, 3.8) is 0 Å². The van der Waals surface area contributed by atoms with Gasteiger partial charge in [-0.25, -0.2) is 0 Å². The summed E-state index contributed by atoms with van der Waals surface area (Å²) >= 11 is 0. The maximum Gasteiger partial charge on any atom is 0.389 e. The van der Waals surface area contributed by atoms with Gasteiger partial charge >= 0.3 is 6.18 Å². The Kier molecular flexibility index (Phi) is 4.84. The predicted molar refractivity (Wildman–Crippen MR) is 89.2 cm³/mol. The molecule has 2 aromatic carbocycles. The standard InChI is InChI=1S/C20H19F3O2/c1-13-6-7-19-17(10-13)15(12-20(21,22)23)11-14-4-2-3-5-16(14)18(24)8-9-25-19/h2-7,10,15H,8-9,11-12H2,1H3. The summed E-state index contributed by atoms with van der Waals surface area (Å²) in [7, 11) is 0. The number of carbonyl (C=O) groups excluding carboxylic acids is 1. The molecule has 1 aliphatic heterocycles. The molecular formula is C20H19F3O2. The molecule has 0 fully saturated rings. The van der Waals surface area contributed by atoms with Crippen molar-refractivity contribution in [1.82, 2.24) is 0 Å². The molecule has 25 heavy (non-hydrogen) atoms. The summed E-state index contributed by atoms with van der Waals surface area (Å²) in [5.74, 6) is -0.453. The van der Waals surface area contributed by atoms with E-state index in [1.54, 1.807) is 36.4 Å². The number of alkyl halides is 3. The summed E-state index contributed by atoms with van der Waals surface area (Å²) in [4.78, 5) is 12.4. The number of fused-ring (bicyclic) bond motifs is 2. The predicted octanol–water partition coefficient (Wildman–Crippen LogP) is 5.24. The highest BCUT2D eigenvalue weighted by molar-refractivity contribution is 5.97. The van der Waals surface area contributed by atoms with Crippen molar-refractivity contribution in [2.24, 2.45) is 0 Å². The first-order valence-corrected chi connectivity index (χ1v) is 8.25. The van der Waals surface area contributed by atoms with Crippen molar-refractivity contribution in [3.8, 4) is 5.75 Å². The van der Waals surface area contributed by atoms with Gasteiger partial charge in [0.1, 0.15) is 5.75 Å². The quantitative estimate of drug-likeness (QED) is 0.704. The number of hydrogen-bond acceptors (Lipinski definition) is 2. The molecule has 1 heterocycles. The van der Waals surface area contributed by atoms with E-state index in [0.717, 1.165) is 5.56 Å². The lowest BCUT2D eigenvalue weighted by Crippen LogP contribution is -2.20. The number of benzene rings is 2. The number of ketones is 1. The second kappa shape index (κ2) is 6.90. The molecule has 0 aliphatic carbocycles. The van der Waals surface area contributed by atoms with Crippen LogP contribution in [0, 0.1) is 6.92 Å². The fourth-order valence-corrected chi connectivity index (χ4v) is 3.31. The van der Waals surface area contributed by atoms with Crippen LogP contribution in [0.1, 0.15) is 45.8 Å². The highest BCUT2D eigenvalue weighted by Crippen LogP contribution is 2.39. The molecular weight excluding hydrogens is 329 g/mol. The number of Topliss-reactive ketones (excluding diaryl/α,β-unsaturated/α-hetero) is 1. The molecule has 0 N–H and O–H groups in total. The van der Waals surface area contributed by atoms with E-state index in [1.807, 2.05) is 13.0 Å². The molecule has 0 aromatic heterocycles. The van der Waals surface area contributed by atoms with E-state index in [2.05, 4.69) is 0 Å². The molecule has 0 amide bonds. The number of carbonyl (C=O) groups is 1. The molecule has 0 bridgehead atoms. The minimum Gasteiger partial charge on any atom is -0.493 e. The van der Waals surface area contributed by atoms with Crippen molar-refractivity contribution in [2.45, 2.75) is 38.3 Å². The van der Waals surface area contributed by atoms with E-state index < -0.39 is 18.5 Å². The molecule has 3 rings (SSSR count). The van der Waals surface area contributed by atoms with E-state index in [0.29, 0.717) is 22.4 Å². The van der Waals surface area contributed by atoms with Gasteiger partial charge < -0.3 is 4.74 Å². The molecule has 0 saturated carbocycles. The minimum atomic E-state index is -4.30. The maximum atomic E-state index is 13.2. The van der Waals surface area contributed by atoms with E-state index >= 15 is 0 Å². The van der Waals surface area contributed by atoms with Crippen LogP contribution in [-0.4, -0.2) is 18.6 Å². The second-order valence-corrected chi connectivity index (χ2v) is 6.44. The molecule has 2 nitrogen and oxygen atoms in total. The first kappa shape index (κ1) is 17.5. The van der Waals surface area contributed by atoms with E-state index in [4.69, 9.17) is 4.74 Å². The van der Waals surface area contributed by atoms with E-state index in [-0.39, 0.29) is 25.2 Å². The number of rotatable bonds is 1. The molecule has 5 heteroatoms. The van der Waals surface area contributed by atoms with Crippen LogP contribution in [0.3, 0.4) is 0 Å². The summed E-state index contributed by atoms with van der Waals surface area (Å²) in [6, 6.07) is 12.2. The second-order valence-electron chi connectivity index (χ2n) is 6.44. The van der Waals surface area contributed by atoms with Gasteiger partial charge in [-0.2, -0.15) is 13.2 Å². The van der Waals surface area contributed by atoms with Crippen LogP contribution in [0.5, 0.6) is 5.75 Å². The van der Waals surface area contributed by atoms with Crippen molar-refractivity contribution < 1.29 is 22.7 Å². The third kappa shape index (κ3) is 4.21. The van der Waals surface area contributed by atoms with Gasteiger partial charge in [-0.1, -0.05) is 42.0 Å². The van der Waals surface area contributed by atoms with Crippen LogP contribution in [0.25, 0.3) is 0 Å². The molecule has 0 saturated heterocycles. The zero-order valence-corrected chi connectivity index (χ0v) is 13.9. The van der Waals surface area contributed by atoms with Gasteiger partial charge in [0.2, 0.25) is 0 Å². The highest BCUT2D eigenvalue weighted by Gasteiger charge is 2.34. The topological polar surface area (TPSA) is 26.3 Å². The Bertz CT molecular complexity index is 781. The first-order valence-electron chi connectivity index (χ1n) is 8.25. The molecule has 1 aliphatic rings. The van der Waals surface area contributed by atoms with Gasteiger partial charge in [0, 0.05) is 17.9 Å². The van der Waals surface area contributed by atoms with Crippen LogP contribution >= 0.6 is 0 Å². The van der Waals surface area contributed by atoms with Crippen molar-refractivity contribution in [2.75, 3.05) is 6.61 Å². The van der Waals surface area contributed by atoms with Gasteiger partial charge in [-0.05, 0) is 30.5 Å². The minimum absolute atomic E-state index is 0.100. The maximum absolute atomic E-state index is 13.2. The Hall–Kier alpha value is -2.30. The Balaban J connectivity index is 2.10. The Morgan fingerprint density at radius 3 is 2.68 bits per heavy atom. The average Bonchev–Trinajstić information content (AvgIpc) is 2.54. The SMILES string of the molecule is Cc1ccc2c(c1)C(CC(F)(F)F)Cc1ccccc1C(=O)CCO2. The number of halogens is 3. The lowest BCUT2D eigenvalue weighted by Gasteiger charge is -2.24. The molecule has 1 unspecified atom stereocenters.